The molecule has 2 atom stereocenters. The van der Waals surface area contributed by atoms with E-state index in [1.807, 2.05) is 51.2 Å². The molecule has 0 spiro atoms. The van der Waals surface area contributed by atoms with Crippen molar-refractivity contribution in [3.05, 3.63) is 36.0 Å². The third kappa shape index (κ3) is 4.13. The molecule has 0 aliphatic carbocycles. The van der Waals surface area contributed by atoms with Gasteiger partial charge >= 0.3 is 6.09 Å². The topological polar surface area (TPSA) is 97.2 Å². The van der Waals surface area contributed by atoms with Crippen LogP contribution in [0.1, 0.15) is 32.3 Å². The minimum absolute atomic E-state index is 0.0439. The van der Waals surface area contributed by atoms with Gasteiger partial charge in [-0.3, -0.25) is 4.79 Å². The van der Waals surface area contributed by atoms with Crippen molar-refractivity contribution < 1.29 is 14.3 Å². The largest absolute Gasteiger partial charge is 0.436 e. The fraction of sp³-hybridized carbons (Fsp3) is 0.368. The van der Waals surface area contributed by atoms with Gasteiger partial charge in [-0.1, -0.05) is 44.9 Å². The molecule has 0 aliphatic heterocycles. The first-order valence-electron chi connectivity index (χ1n) is 7.99. The number of amides is 2. The van der Waals surface area contributed by atoms with Crippen LogP contribution in [0.15, 0.2) is 30.5 Å². The molecule has 1 heterocycles. The van der Waals surface area contributed by atoms with Crippen LogP contribution in [0.5, 0.6) is 0 Å². The number of benzene rings is 1. The molecule has 25 heavy (non-hydrogen) atoms. The van der Waals surface area contributed by atoms with Gasteiger partial charge in [0.05, 0.1) is 6.54 Å². The Morgan fingerprint density at radius 2 is 2.04 bits per heavy atom. The summed E-state index contributed by atoms with van der Waals surface area (Å²) >= 11 is 0. The Bertz CT molecular complexity index is 811. The first-order valence-corrected chi connectivity index (χ1v) is 7.99. The van der Waals surface area contributed by atoms with E-state index in [0.29, 0.717) is 0 Å². The van der Waals surface area contributed by atoms with Crippen LogP contribution >= 0.6 is 0 Å². The van der Waals surface area contributed by atoms with Gasteiger partial charge in [-0.15, -0.1) is 6.42 Å². The van der Waals surface area contributed by atoms with Crippen LogP contribution in [-0.2, 0) is 9.53 Å². The lowest BCUT2D eigenvalue weighted by Gasteiger charge is -2.35. The molecule has 0 fully saturated rings. The lowest BCUT2D eigenvalue weighted by Crippen LogP contribution is -2.46. The van der Waals surface area contributed by atoms with Crippen molar-refractivity contribution in [2.24, 2.45) is 11.1 Å². The smallest absolute Gasteiger partial charge is 0.405 e. The average molecular weight is 341 g/mol. The number of terminal acetylenes is 1. The summed E-state index contributed by atoms with van der Waals surface area (Å²) in [5, 5.41) is 3.55. The second-order valence-corrected chi connectivity index (χ2v) is 6.91. The Kier molecular flexibility index (Phi) is 5.38. The summed E-state index contributed by atoms with van der Waals surface area (Å²) in [6.07, 6.45) is 4.95. The van der Waals surface area contributed by atoms with Crippen molar-refractivity contribution >= 4 is 22.9 Å². The number of aromatic nitrogens is 1. The van der Waals surface area contributed by atoms with Gasteiger partial charge in [-0.25, -0.2) is 4.79 Å². The van der Waals surface area contributed by atoms with Crippen LogP contribution in [0.25, 0.3) is 10.9 Å². The molecule has 1 aromatic heterocycles. The minimum atomic E-state index is -1.09. The Hall–Kier alpha value is -2.94. The molecule has 2 aromatic rings. The molecular formula is C19H23N3O3. The number of fused-ring (bicyclic) bond motifs is 1. The highest BCUT2D eigenvalue weighted by Crippen LogP contribution is 2.42. The Balaban J connectivity index is 2.54. The maximum atomic E-state index is 12.6. The summed E-state index contributed by atoms with van der Waals surface area (Å²) in [6, 6.07) is 7.75. The zero-order valence-corrected chi connectivity index (χ0v) is 14.6. The molecule has 2 rings (SSSR count). The summed E-state index contributed by atoms with van der Waals surface area (Å²) in [5.41, 5.74) is 6.65. The lowest BCUT2D eigenvalue weighted by atomic mass is 9.73. The van der Waals surface area contributed by atoms with Gasteiger partial charge < -0.3 is 20.8 Å². The Morgan fingerprint density at radius 1 is 1.36 bits per heavy atom. The van der Waals surface area contributed by atoms with E-state index in [9.17, 15) is 9.59 Å². The summed E-state index contributed by atoms with van der Waals surface area (Å²) in [5.74, 6) is 1.45. The zero-order chi connectivity index (χ0) is 18.6. The lowest BCUT2D eigenvalue weighted by molar-refractivity contribution is -0.131. The van der Waals surface area contributed by atoms with Crippen molar-refractivity contribution in [1.29, 1.82) is 0 Å². The highest BCUT2D eigenvalue weighted by molar-refractivity contribution is 5.88. The van der Waals surface area contributed by atoms with Crippen molar-refractivity contribution in [3.63, 3.8) is 0 Å². The monoisotopic (exact) mass is 341 g/mol. The van der Waals surface area contributed by atoms with Gasteiger partial charge in [0.15, 0.2) is 6.10 Å². The van der Waals surface area contributed by atoms with Gasteiger partial charge in [0, 0.05) is 23.0 Å². The van der Waals surface area contributed by atoms with Gasteiger partial charge in [-0.05, 0) is 17.0 Å². The summed E-state index contributed by atoms with van der Waals surface area (Å²) in [6.45, 7) is 5.98. The number of ether oxygens (including phenoxy) is 1. The van der Waals surface area contributed by atoms with E-state index in [1.54, 1.807) is 0 Å². The molecule has 0 bridgehead atoms. The average Bonchev–Trinajstić information content (AvgIpc) is 2.94. The first-order chi connectivity index (χ1) is 11.8. The van der Waals surface area contributed by atoms with Gasteiger partial charge in [0.1, 0.15) is 0 Å². The fourth-order valence-corrected chi connectivity index (χ4v) is 3.07. The van der Waals surface area contributed by atoms with Crippen molar-refractivity contribution in [2.45, 2.75) is 32.8 Å². The minimum Gasteiger partial charge on any atom is -0.436 e. The summed E-state index contributed by atoms with van der Waals surface area (Å²) < 4.78 is 5.21. The Labute approximate surface area is 147 Å². The zero-order valence-electron chi connectivity index (χ0n) is 14.6. The number of H-pyrrole nitrogens is 1. The molecule has 0 saturated carbocycles. The number of aromatic amines is 1. The van der Waals surface area contributed by atoms with Crippen molar-refractivity contribution in [3.8, 4) is 12.3 Å². The van der Waals surface area contributed by atoms with Crippen LogP contribution in [-0.4, -0.2) is 29.6 Å². The van der Waals surface area contributed by atoms with Gasteiger partial charge in [-0.2, -0.15) is 0 Å². The van der Waals surface area contributed by atoms with E-state index in [-0.39, 0.29) is 6.54 Å². The van der Waals surface area contributed by atoms with E-state index < -0.39 is 29.4 Å². The number of nitrogens with one attached hydrogen (secondary N) is 2. The first kappa shape index (κ1) is 18.4. The van der Waals surface area contributed by atoms with E-state index in [1.165, 1.54) is 0 Å². The van der Waals surface area contributed by atoms with Gasteiger partial charge in [0.2, 0.25) is 0 Å². The number of primary amides is 1. The van der Waals surface area contributed by atoms with Crippen LogP contribution in [0.2, 0.25) is 0 Å². The van der Waals surface area contributed by atoms with Crippen LogP contribution in [0.4, 0.5) is 4.79 Å². The second kappa shape index (κ2) is 7.31. The summed E-state index contributed by atoms with van der Waals surface area (Å²) in [7, 11) is 0. The molecule has 6 heteroatoms. The molecule has 6 nitrogen and oxygen atoms in total. The molecule has 0 saturated heterocycles. The van der Waals surface area contributed by atoms with Crippen LogP contribution in [0, 0.1) is 17.8 Å². The predicted octanol–water partition coefficient (Wildman–Crippen LogP) is 2.51. The molecular weight excluding hydrogens is 318 g/mol. The van der Waals surface area contributed by atoms with Gasteiger partial charge in [0.25, 0.3) is 5.91 Å². The third-order valence-electron chi connectivity index (χ3n) is 4.06. The van der Waals surface area contributed by atoms with Crippen LogP contribution in [0.3, 0.4) is 0 Å². The third-order valence-corrected chi connectivity index (χ3v) is 4.06. The molecule has 0 radical (unpaired) electrons. The van der Waals surface area contributed by atoms with E-state index in [0.717, 1.165) is 16.5 Å². The summed E-state index contributed by atoms with van der Waals surface area (Å²) in [4.78, 5) is 27.2. The maximum absolute atomic E-state index is 12.6. The molecule has 1 unspecified atom stereocenters. The van der Waals surface area contributed by atoms with Crippen molar-refractivity contribution in [1.82, 2.24) is 10.3 Å². The number of rotatable bonds is 5. The molecule has 4 N–H and O–H groups in total. The highest BCUT2D eigenvalue weighted by Gasteiger charge is 2.41. The standard InChI is InChI=1S/C19H23N3O3/c1-5-10-21-17(23)16(25-18(20)24)15(19(2,3)4)13-11-22-14-9-7-6-8-12(13)14/h1,6-9,11,15-16,22H,10H2,2-4H3,(H2,20,24)(H,21,23)/t15-,16?/m1/s1. The van der Waals surface area contributed by atoms with E-state index >= 15 is 0 Å². The number of carbonyl (C=O) groups excluding carboxylic acids is 2. The predicted molar refractivity (Wildman–Crippen MR) is 96.8 cm³/mol. The normalized spacial score (nSPS) is 13.7. The Morgan fingerprint density at radius 3 is 2.64 bits per heavy atom. The molecule has 1 aromatic carbocycles. The molecule has 0 aliphatic rings. The number of para-hydroxylation sites is 1. The number of hydrogen-bond donors (Lipinski definition) is 3. The number of carbonyl (C=O) groups is 2. The quantitative estimate of drug-likeness (QED) is 0.729. The highest BCUT2D eigenvalue weighted by atomic mass is 16.6. The fourth-order valence-electron chi connectivity index (χ4n) is 3.07. The SMILES string of the molecule is C#CCNC(=O)C(OC(N)=O)[C@@H](c1c[nH]c2ccccc12)C(C)(C)C. The second-order valence-electron chi connectivity index (χ2n) is 6.91. The molecule has 2 amide bonds. The number of nitrogens with two attached hydrogens (primary N) is 1. The van der Waals surface area contributed by atoms with E-state index in [2.05, 4.69) is 16.2 Å². The maximum Gasteiger partial charge on any atom is 0.405 e. The number of hydrogen-bond acceptors (Lipinski definition) is 3. The molecule has 132 valence electrons. The van der Waals surface area contributed by atoms with E-state index in [4.69, 9.17) is 16.9 Å². The van der Waals surface area contributed by atoms with Crippen molar-refractivity contribution in [2.75, 3.05) is 6.54 Å². The van der Waals surface area contributed by atoms with Crippen LogP contribution < -0.4 is 11.1 Å².